The van der Waals surface area contributed by atoms with Crippen LogP contribution in [-0.2, 0) is 11.3 Å². The number of aromatic nitrogens is 3. The van der Waals surface area contributed by atoms with Crippen molar-refractivity contribution < 1.29 is 4.74 Å². The molecule has 0 unspecified atom stereocenters. The Balaban J connectivity index is 2.15. The number of hydrogen-bond donors (Lipinski definition) is 1. The standard InChI is InChI=1S/C14H23N5O/c1-4-20-11-10-19-13-12(6-5-7-15-13)17-14(19)16-8-9-18(2)3/h5-7H,4,8-11H2,1-3H3,(H,16,17). The van der Waals surface area contributed by atoms with E-state index < -0.39 is 0 Å². The van der Waals surface area contributed by atoms with E-state index in [1.165, 1.54) is 0 Å². The third-order valence-corrected chi connectivity index (χ3v) is 3.01. The molecule has 0 bridgehead atoms. The summed E-state index contributed by atoms with van der Waals surface area (Å²) in [6, 6.07) is 3.89. The second-order valence-electron chi connectivity index (χ2n) is 4.86. The van der Waals surface area contributed by atoms with Gasteiger partial charge in [0, 0.05) is 25.9 Å². The minimum absolute atomic E-state index is 0.668. The van der Waals surface area contributed by atoms with Crippen LogP contribution < -0.4 is 5.32 Å². The molecule has 0 aliphatic carbocycles. The lowest BCUT2D eigenvalue weighted by atomic mass is 10.4. The molecule has 110 valence electrons. The summed E-state index contributed by atoms with van der Waals surface area (Å²) in [5.41, 5.74) is 1.82. The van der Waals surface area contributed by atoms with Crippen molar-refractivity contribution in [1.82, 2.24) is 19.4 Å². The molecule has 0 atom stereocenters. The number of imidazole rings is 1. The monoisotopic (exact) mass is 277 g/mol. The summed E-state index contributed by atoms with van der Waals surface area (Å²) in [7, 11) is 4.11. The molecule has 2 aromatic heterocycles. The molecule has 2 heterocycles. The van der Waals surface area contributed by atoms with Crippen molar-refractivity contribution in [3.63, 3.8) is 0 Å². The van der Waals surface area contributed by atoms with Crippen LogP contribution in [0.25, 0.3) is 11.2 Å². The van der Waals surface area contributed by atoms with Crippen molar-refractivity contribution in [2.45, 2.75) is 13.5 Å². The number of pyridine rings is 1. The quantitative estimate of drug-likeness (QED) is 0.740. The minimum Gasteiger partial charge on any atom is -0.380 e. The highest BCUT2D eigenvalue weighted by Gasteiger charge is 2.10. The molecule has 6 heteroatoms. The van der Waals surface area contributed by atoms with Crippen molar-refractivity contribution in [3.05, 3.63) is 18.3 Å². The van der Waals surface area contributed by atoms with Crippen LogP contribution in [0.15, 0.2) is 18.3 Å². The molecular weight excluding hydrogens is 254 g/mol. The fourth-order valence-corrected chi connectivity index (χ4v) is 2.00. The van der Waals surface area contributed by atoms with Gasteiger partial charge < -0.3 is 15.0 Å². The average Bonchev–Trinajstić information content (AvgIpc) is 2.77. The van der Waals surface area contributed by atoms with E-state index in [1.54, 1.807) is 6.20 Å². The minimum atomic E-state index is 0.668. The van der Waals surface area contributed by atoms with Crippen LogP contribution in [0.4, 0.5) is 5.95 Å². The zero-order valence-electron chi connectivity index (χ0n) is 12.5. The van der Waals surface area contributed by atoms with Gasteiger partial charge in [0.15, 0.2) is 5.65 Å². The SMILES string of the molecule is CCOCCn1c(NCCN(C)C)nc2cccnc21. The summed E-state index contributed by atoms with van der Waals surface area (Å²) in [5, 5.41) is 3.38. The molecule has 0 amide bonds. The Bertz CT molecular complexity index is 537. The zero-order chi connectivity index (χ0) is 14.4. The summed E-state index contributed by atoms with van der Waals surface area (Å²) < 4.78 is 7.53. The van der Waals surface area contributed by atoms with Gasteiger partial charge in [-0.1, -0.05) is 0 Å². The van der Waals surface area contributed by atoms with Gasteiger partial charge in [0.25, 0.3) is 0 Å². The van der Waals surface area contributed by atoms with Gasteiger partial charge >= 0.3 is 0 Å². The van der Waals surface area contributed by atoms with Crippen LogP contribution in [0.1, 0.15) is 6.92 Å². The van der Waals surface area contributed by atoms with Crippen LogP contribution in [-0.4, -0.2) is 59.8 Å². The fourth-order valence-electron chi connectivity index (χ4n) is 2.00. The molecule has 2 rings (SSSR count). The average molecular weight is 277 g/mol. The summed E-state index contributed by atoms with van der Waals surface area (Å²) in [4.78, 5) is 11.2. The molecular formula is C14H23N5O. The molecule has 6 nitrogen and oxygen atoms in total. The van der Waals surface area contributed by atoms with Crippen molar-refractivity contribution in [2.24, 2.45) is 0 Å². The van der Waals surface area contributed by atoms with Crippen LogP contribution in [0.5, 0.6) is 0 Å². The van der Waals surface area contributed by atoms with Gasteiger partial charge in [0.05, 0.1) is 13.2 Å². The second-order valence-corrected chi connectivity index (χ2v) is 4.86. The van der Waals surface area contributed by atoms with E-state index >= 15 is 0 Å². The van der Waals surface area contributed by atoms with Gasteiger partial charge in [-0.15, -0.1) is 0 Å². The summed E-state index contributed by atoms with van der Waals surface area (Å²) in [6.07, 6.45) is 1.80. The predicted octanol–water partition coefficient (Wildman–Crippen LogP) is 1.44. The highest BCUT2D eigenvalue weighted by molar-refractivity contribution is 5.74. The Labute approximate surface area is 119 Å². The van der Waals surface area contributed by atoms with Gasteiger partial charge in [-0.05, 0) is 33.2 Å². The number of rotatable bonds is 8. The Morgan fingerprint density at radius 2 is 2.25 bits per heavy atom. The second kappa shape index (κ2) is 7.21. The van der Waals surface area contributed by atoms with E-state index in [4.69, 9.17) is 4.74 Å². The molecule has 20 heavy (non-hydrogen) atoms. The van der Waals surface area contributed by atoms with E-state index in [2.05, 4.69) is 38.8 Å². The van der Waals surface area contributed by atoms with Crippen LogP contribution >= 0.6 is 0 Å². The fraction of sp³-hybridized carbons (Fsp3) is 0.571. The number of hydrogen-bond acceptors (Lipinski definition) is 5. The van der Waals surface area contributed by atoms with Gasteiger partial charge in [0.1, 0.15) is 5.52 Å². The Hall–Kier alpha value is -1.66. The Morgan fingerprint density at radius 1 is 1.40 bits per heavy atom. The molecule has 0 saturated carbocycles. The summed E-state index contributed by atoms with van der Waals surface area (Å²) in [6.45, 7) is 5.96. The number of anilines is 1. The maximum absolute atomic E-state index is 5.44. The predicted molar refractivity (Wildman–Crippen MR) is 81.1 cm³/mol. The lowest BCUT2D eigenvalue weighted by molar-refractivity contribution is 0.140. The molecule has 0 aliphatic heterocycles. The van der Waals surface area contributed by atoms with E-state index in [-0.39, 0.29) is 0 Å². The molecule has 0 aromatic carbocycles. The number of likely N-dealkylation sites (N-methyl/N-ethyl adjacent to an activating group) is 1. The highest BCUT2D eigenvalue weighted by atomic mass is 16.5. The molecule has 1 N–H and O–H groups in total. The third kappa shape index (κ3) is 3.68. The maximum Gasteiger partial charge on any atom is 0.205 e. The zero-order valence-corrected chi connectivity index (χ0v) is 12.5. The first-order chi connectivity index (χ1) is 9.72. The molecule has 0 spiro atoms. The third-order valence-electron chi connectivity index (χ3n) is 3.01. The Morgan fingerprint density at radius 3 is 3.00 bits per heavy atom. The first-order valence-electron chi connectivity index (χ1n) is 7.00. The number of nitrogens with one attached hydrogen (secondary N) is 1. The molecule has 2 aromatic rings. The van der Waals surface area contributed by atoms with E-state index in [0.717, 1.165) is 43.4 Å². The Kier molecular flexibility index (Phi) is 5.31. The van der Waals surface area contributed by atoms with Crippen LogP contribution in [0.2, 0.25) is 0 Å². The molecule has 0 aliphatic rings. The van der Waals surface area contributed by atoms with Gasteiger partial charge in [-0.25, -0.2) is 9.97 Å². The van der Waals surface area contributed by atoms with E-state index in [0.29, 0.717) is 6.61 Å². The molecule has 0 fully saturated rings. The topological polar surface area (TPSA) is 55.2 Å². The van der Waals surface area contributed by atoms with Crippen molar-refractivity contribution in [1.29, 1.82) is 0 Å². The van der Waals surface area contributed by atoms with Gasteiger partial charge in [0.2, 0.25) is 5.95 Å². The summed E-state index contributed by atoms with van der Waals surface area (Å²) in [5.74, 6) is 0.861. The van der Waals surface area contributed by atoms with Crippen molar-refractivity contribution in [3.8, 4) is 0 Å². The molecule has 0 saturated heterocycles. The van der Waals surface area contributed by atoms with E-state index in [9.17, 15) is 0 Å². The highest BCUT2D eigenvalue weighted by Crippen LogP contribution is 2.17. The van der Waals surface area contributed by atoms with E-state index in [1.807, 2.05) is 19.1 Å². The first kappa shape index (κ1) is 14.7. The van der Waals surface area contributed by atoms with Crippen molar-refractivity contribution >= 4 is 17.1 Å². The van der Waals surface area contributed by atoms with Gasteiger partial charge in [-0.2, -0.15) is 0 Å². The lowest BCUT2D eigenvalue weighted by Crippen LogP contribution is -2.22. The number of fused-ring (bicyclic) bond motifs is 1. The maximum atomic E-state index is 5.44. The normalized spacial score (nSPS) is 11.4. The smallest absolute Gasteiger partial charge is 0.205 e. The van der Waals surface area contributed by atoms with Crippen molar-refractivity contribution in [2.75, 3.05) is 45.7 Å². The lowest BCUT2D eigenvalue weighted by Gasteiger charge is -2.12. The molecule has 0 radical (unpaired) electrons. The summed E-state index contributed by atoms with van der Waals surface area (Å²) >= 11 is 0. The first-order valence-corrected chi connectivity index (χ1v) is 7.00. The van der Waals surface area contributed by atoms with Crippen LogP contribution in [0, 0.1) is 0 Å². The van der Waals surface area contributed by atoms with Crippen LogP contribution in [0.3, 0.4) is 0 Å². The number of nitrogens with zero attached hydrogens (tertiary/aromatic N) is 4. The largest absolute Gasteiger partial charge is 0.380 e. The number of ether oxygens (including phenoxy) is 1. The van der Waals surface area contributed by atoms with Gasteiger partial charge in [-0.3, -0.25) is 4.57 Å².